The van der Waals surface area contributed by atoms with E-state index in [9.17, 15) is 4.79 Å². The minimum Gasteiger partial charge on any atom is -0.330 e. The number of nitrogens with zero attached hydrogens (tertiary/aromatic N) is 2. The van der Waals surface area contributed by atoms with E-state index in [1.165, 1.54) is 6.42 Å². The third-order valence-corrected chi connectivity index (χ3v) is 7.07. The number of fused-ring (bicyclic) bond motifs is 1. The second kappa shape index (κ2) is 9.50. The van der Waals surface area contributed by atoms with Gasteiger partial charge in [0.15, 0.2) is 0 Å². The van der Waals surface area contributed by atoms with Gasteiger partial charge in [-0.1, -0.05) is 72.6 Å². The molecule has 1 saturated carbocycles. The molecule has 1 heterocycles. The molecule has 2 N–H and O–H groups in total. The number of aromatic nitrogens is 2. The molecule has 2 unspecified atom stereocenters. The van der Waals surface area contributed by atoms with Crippen LogP contribution in [0.15, 0.2) is 77.6 Å². The molecule has 5 heteroatoms. The number of halogens is 1. The van der Waals surface area contributed by atoms with E-state index in [0.717, 1.165) is 36.0 Å². The molecule has 1 aromatic heterocycles. The summed E-state index contributed by atoms with van der Waals surface area (Å²) in [6.45, 7) is 1.37. The van der Waals surface area contributed by atoms with Gasteiger partial charge in [0.1, 0.15) is 5.82 Å². The average molecular weight is 458 g/mol. The Bertz CT molecular complexity index is 1320. The lowest BCUT2D eigenvalue weighted by atomic mass is 9.81. The molecule has 0 saturated heterocycles. The van der Waals surface area contributed by atoms with Crippen LogP contribution in [-0.4, -0.2) is 16.1 Å². The van der Waals surface area contributed by atoms with Crippen LogP contribution in [0.25, 0.3) is 33.4 Å². The number of nitrogens with two attached hydrogens (primary N) is 1. The van der Waals surface area contributed by atoms with Gasteiger partial charge < -0.3 is 5.73 Å². The highest BCUT2D eigenvalue weighted by Gasteiger charge is 2.23. The quantitative estimate of drug-likeness (QED) is 0.391. The SMILES string of the molecule is NCC1CCCC(Cn2c(-c3ccc(-c4ccccc4)cc3)nc3ccc(Cl)cc3c2=O)C1. The van der Waals surface area contributed by atoms with Gasteiger partial charge in [0.2, 0.25) is 0 Å². The van der Waals surface area contributed by atoms with Crippen molar-refractivity contribution in [3.8, 4) is 22.5 Å². The fraction of sp³-hybridized carbons (Fsp3) is 0.286. The summed E-state index contributed by atoms with van der Waals surface area (Å²) >= 11 is 6.22. The largest absolute Gasteiger partial charge is 0.330 e. The van der Waals surface area contributed by atoms with Crippen molar-refractivity contribution in [2.75, 3.05) is 6.54 Å². The summed E-state index contributed by atoms with van der Waals surface area (Å²) in [7, 11) is 0. The van der Waals surface area contributed by atoms with Gasteiger partial charge in [-0.25, -0.2) is 4.98 Å². The molecule has 0 bridgehead atoms. The Labute approximate surface area is 199 Å². The lowest BCUT2D eigenvalue weighted by Crippen LogP contribution is -2.30. The molecule has 4 aromatic rings. The summed E-state index contributed by atoms with van der Waals surface area (Å²) in [5, 5.41) is 1.12. The van der Waals surface area contributed by atoms with Gasteiger partial charge in [-0.3, -0.25) is 9.36 Å². The molecule has 0 radical (unpaired) electrons. The Morgan fingerprint density at radius 1 is 0.909 bits per heavy atom. The highest BCUT2D eigenvalue weighted by molar-refractivity contribution is 6.31. The van der Waals surface area contributed by atoms with Gasteiger partial charge in [-0.15, -0.1) is 0 Å². The standard InChI is InChI=1S/C28H28ClN3O/c29-24-13-14-26-25(16-24)28(33)32(18-20-6-4-5-19(15-20)17-30)27(31-26)23-11-9-22(10-12-23)21-7-2-1-3-8-21/h1-3,7-14,16,19-20H,4-6,15,17-18,30H2. The van der Waals surface area contributed by atoms with Crippen LogP contribution in [0.4, 0.5) is 0 Å². The molecule has 3 aromatic carbocycles. The van der Waals surface area contributed by atoms with Crippen molar-refractivity contribution in [2.45, 2.75) is 32.2 Å². The van der Waals surface area contributed by atoms with E-state index < -0.39 is 0 Å². The molecule has 33 heavy (non-hydrogen) atoms. The molecule has 1 aliphatic rings. The van der Waals surface area contributed by atoms with Crippen molar-refractivity contribution < 1.29 is 0 Å². The van der Waals surface area contributed by atoms with Crippen LogP contribution in [-0.2, 0) is 6.54 Å². The zero-order chi connectivity index (χ0) is 22.8. The molecule has 4 nitrogen and oxygen atoms in total. The van der Waals surface area contributed by atoms with Crippen LogP contribution in [0.5, 0.6) is 0 Å². The predicted molar refractivity (Wildman–Crippen MR) is 136 cm³/mol. The summed E-state index contributed by atoms with van der Waals surface area (Å²) in [4.78, 5) is 18.6. The molecule has 2 atom stereocenters. The van der Waals surface area contributed by atoms with Crippen LogP contribution in [0.3, 0.4) is 0 Å². The van der Waals surface area contributed by atoms with Crippen LogP contribution in [0.2, 0.25) is 5.02 Å². The van der Waals surface area contributed by atoms with Gasteiger partial charge in [0.05, 0.1) is 10.9 Å². The number of hydrogen-bond donors (Lipinski definition) is 1. The lowest BCUT2D eigenvalue weighted by Gasteiger charge is -2.29. The van der Waals surface area contributed by atoms with E-state index in [-0.39, 0.29) is 5.56 Å². The number of rotatable bonds is 5. The number of benzene rings is 3. The van der Waals surface area contributed by atoms with E-state index in [1.54, 1.807) is 12.1 Å². The van der Waals surface area contributed by atoms with E-state index in [2.05, 4.69) is 36.4 Å². The molecule has 5 rings (SSSR count). The first kappa shape index (κ1) is 21.9. The third kappa shape index (κ3) is 4.59. The molecule has 0 spiro atoms. The van der Waals surface area contributed by atoms with E-state index in [0.29, 0.717) is 46.7 Å². The Balaban J connectivity index is 1.59. The number of hydrogen-bond acceptors (Lipinski definition) is 3. The molecule has 1 fully saturated rings. The normalized spacial score (nSPS) is 18.5. The van der Waals surface area contributed by atoms with E-state index >= 15 is 0 Å². The van der Waals surface area contributed by atoms with Crippen LogP contribution in [0.1, 0.15) is 25.7 Å². The molecule has 0 amide bonds. The fourth-order valence-electron chi connectivity index (χ4n) is 5.07. The van der Waals surface area contributed by atoms with E-state index in [4.69, 9.17) is 22.3 Å². The third-order valence-electron chi connectivity index (χ3n) is 6.83. The van der Waals surface area contributed by atoms with Crippen molar-refractivity contribution in [3.63, 3.8) is 0 Å². The zero-order valence-electron chi connectivity index (χ0n) is 18.6. The molecule has 0 aliphatic heterocycles. The maximum absolute atomic E-state index is 13.6. The van der Waals surface area contributed by atoms with Crippen molar-refractivity contribution in [1.29, 1.82) is 0 Å². The Hall–Kier alpha value is -2.95. The monoisotopic (exact) mass is 457 g/mol. The van der Waals surface area contributed by atoms with Crippen molar-refractivity contribution in [2.24, 2.45) is 17.6 Å². The van der Waals surface area contributed by atoms with Gasteiger partial charge in [0.25, 0.3) is 5.56 Å². The van der Waals surface area contributed by atoms with Crippen LogP contribution in [0, 0.1) is 11.8 Å². The summed E-state index contributed by atoms with van der Waals surface area (Å²) in [5.74, 6) is 1.67. The van der Waals surface area contributed by atoms with Crippen molar-refractivity contribution >= 4 is 22.5 Å². The van der Waals surface area contributed by atoms with Gasteiger partial charge in [0, 0.05) is 17.1 Å². The summed E-state index contributed by atoms with van der Waals surface area (Å²) in [6, 6.07) is 23.9. The Kier molecular flexibility index (Phi) is 6.30. The summed E-state index contributed by atoms with van der Waals surface area (Å²) in [6.07, 6.45) is 4.52. The zero-order valence-corrected chi connectivity index (χ0v) is 19.3. The molecule has 168 valence electrons. The highest BCUT2D eigenvalue weighted by atomic mass is 35.5. The first-order valence-electron chi connectivity index (χ1n) is 11.7. The van der Waals surface area contributed by atoms with Crippen molar-refractivity contribution in [3.05, 3.63) is 88.2 Å². The maximum Gasteiger partial charge on any atom is 0.261 e. The smallest absolute Gasteiger partial charge is 0.261 e. The second-order valence-electron chi connectivity index (χ2n) is 9.09. The first-order chi connectivity index (χ1) is 16.1. The van der Waals surface area contributed by atoms with Gasteiger partial charge >= 0.3 is 0 Å². The minimum atomic E-state index is -0.0282. The minimum absolute atomic E-state index is 0.0282. The summed E-state index contributed by atoms with van der Waals surface area (Å²) < 4.78 is 1.86. The predicted octanol–water partition coefficient (Wildman–Crippen LogP) is 6.15. The van der Waals surface area contributed by atoms with Crippen LogP contribution >= 0.6 is 11.6 Å². The molecule has 1 aliphatic carbocycles. The van der Waals surface area contributed by atoms with E-state index in [1.807, 2.05) is 28.8 Å². The van der Waals surface area contributed by atoms with Gasteiger partial charge in [-0.2, -0.15) is 0 Å². The fourth-order valence-corrected chi connectivity index (χ4v) is 5.24. The Morgan fingerprint density at radius 3 is 2.36 bits per heavy atom. The van der Waals surface area contributed by atoms with Gasteiger partial charge in [-0.05, 0) is 67.0 Å². The van der Waals surface area contributed by atoms with Crippen molar-refractivity contribution in [1.82, 2.24) is 9.55 Å². The Morgan fingerprint density at radius 2 is 1.61 bits per heavy atom. The highest BCUT2D eigenvalue weighted by Crippen LogP contribution is 2.31. The first-order valence-corrected chi connectivity index (χ1v) is 12.1. The maximum atomic E-state index is 13.6. The molecular weight excluding hydrogens is 430 g/mol. The average Bonchev–Trinajstić information content (AvgIpc) is 2.87. The summed E-state index contributed by atoms with van der Waals surface area (Å²) in [5.41, 5.74) is 9.85. The van der Waals surface area contributed by atoms with Crippen LogP contribution < -0.4 is 11.3 Å². The lowest BCUT2D eigenvalue weighted by molar-refractivity contribution is 0.246. The molecular formula is C28H28ClN3O. The second-order valence-corrected chi connectivity index (χ2v) is 9.53. The topological polar surface area (TPSA) is 60.9 Å².